The number of pyridine rings is 2. The predicted molar refractivity (Wildman–Crippen MR) is 131 cm³/mol. The maximum absolute atomic E-state index is 6.16. The lowest BCUT2D eigenvalue weighted by molar-refractivity contribution is 0.0354. The second-order valence-electron chi connectivity index (χ2n) is 7.46. The number of unbranched alkanes of at least 4 members (excludes halogenated alkanes) is 2. The molecule has 0 aliphatic carbocycles. The van der Waals surface area contributed by atoms with Crippen LogP contribution in [0, 0.1) is 12.8 Å². The van der Waals surface area contributed by atoms with Crippen LogP contribution in [0.25, 0.3) is 0 Å². The molecule has 1 aliphatic rings. The highest BCUT2D eigenvalue weighted by Crippen LogP contribution is 2.20. The first-order valence-corrected chi connectivity index (χ1v) is 9.87. The topological polar surface area (TPSA) is 99.1 Å². The van der Waals surface area contributed by atoms with Gasteiger partial charge in [-0.1, -0.05) is 12.5 Å². The smallest absolute Gasteiger partial charge is 0.123 e. The number of nitrogens with two attached hydrogens (primary N) is 2. The molecule has 3 heterocycles. The first kappa shape index (κ1) is 28.7. The van der Waals surface area contributed by atoms with Crippen molar-refractivity contribution in [1.82, 2.24) is 15.3 Å². The van der Waals surface area contributed by atoms with Gasteiger partial charge in [0.2, 0.25) is 0 Å². The Morgan fingerprint density at radius 2 is 1.73 bits per heavy atom. The minimum absolute atomic E-state index is 0. The van der Waals surface area contributed by atoms with E-state index in [0.29, 0.717) is 17.6 Å². The van der Waals surface area contributed by atoms with Gasteiger partial charge in [0.05, 0.1) is 6.10 Å². The number of anilines is 2. The lowest BCUT2D eigenvalue weighted by atomic mass is 9.99. The lowest BCUT2D eigenvalue weighted by Crippen LogP contribution is -2.25. The minimum atomic E-state index is 0. The molecule has 9 heteroatoms. The monoisotopic (exact) mass is 477 g/mol. The Kier molecular flexibility index (Phi) is 14.0. The summed E-state index contributed by atoms with van der Waals surface area (Å²) in [6.07, 6.45) is 5.45. The third-order valence-corrected chi connectivity index (χ3v) is 5.03. The Morgan fingerprint density at radius 1 is 0.967 bits per heavy atom. The van der Waals surface area contributed by atoms with Gasteiger partial charge in [-0.3, -0.25) is 0 Å². The molecule has 0 aromatic carbocycles. The van der Waals surface area contributed by atoms with Crippen molar-refractivity contribution in [2.24, 2.45) is 5.92 Å². The normalized spacial score (nSPS) is 17.5. The number of aromatic nitrogens is 2. The summed E-state index contributed by atoms with van der Waals surface area (Å²) in [6.45, 7) is 4.75. The predicted octanol–water partition coefficient (Wildman–Crippen LogP) is 3.77. The van der Waals surface area contributed by atoms with Gasteiger partial charge in [-0.25, -0.2) is 9.97 Å². The SMILES string of the molecule is Cc1cc(N)nc(C[C@@H]2CNC[C@@H]2OCCCCCc2cccc(N)n2)c1.Cl.Cl.Cl. The van der Waals surface area contributed by atoms with E-state index in [-0.39, 0.29) is 43.3 Å². The summed E-state index contributed by atoms with van der Waals surface area (Å²) in [7, 11) is 0. The van der Waals surface area contributed by atoms with Crippen LogP contribution < -0.4 is 16.8 Å². The van der Waals surface area contributed by atoms with E-state index in [1.54, 1.807) is 0 Å². The maximum atomic E-state index is 6.16. The zero-order valence-electron chi connectivity index (χ0n) is 17.4. The maximum Gasteiger partial charge on any atom is 0.123 e. The Balaban J connectivity index is 0.00000280. The van der Waals surface area contributed by atoms with Crippen LogP contribution in [0.5, 0.6) is 0 Å². The first-order chi connectivity index (χ1) is 13.1. The molecule has 0 spiro atoms. The standard InChI is InChI=1S/C21H31N5O.3ClH/c1-15-10-18(26-21(23)11-15)12-16-13-24-14-19(16)27-9-4-2-3-6-17-7-5-8-20(22)25-17;;;/h5,7-8,10-11,16,19,24H,2-4,6,9,12-14H2,1H3,(H2,22,25)(H2,23,26);3*1H/t16-,19+;;;/m1.../s1. The van der Waals surface area contributed by atoms with E-state index >= 15 is 0 Å². The van der Waals surface area contributed by atoms with Crippen LogP contribution in [0.3, 0.4) is 0 Å². The number of hydrogen-bond donors (Lipinski definition) is 3. The summed E-state index contributed by atoms with van der Waals surface area (Å²) in [4.78, 5) is 8.81. The zero-order chi connectivity index (χ0) is 19.1. The van der Waals surface area contributed by atoms with Gasteiger partial charge in [-0.15, -0.1) is 37.2 Å². The molecule has 0 bridgehead atoms. The molecule has 3 rings (SSSR count). The van der Waals surface area contributed by atoms with Crippen molar-refractivity contribution in [3.05, 3.63) is 47.3 Å². The van der Waals surface area contributed by atoms with Crippen LogP contribution in [0.2, 0.25) is 0 Å². The Hall–Kier alpha value is -1.31. The highest BCUT2D eigenvalue weighted by atomic mass is 35.5. The summed E-state index contributed by atoms with van der Waals surface area (Å²) in [5, 5.41) is 3.45. The molecule has 0 amide bonds. The van der Waals surface area contributed by atoms with E-state index in [2.05, 4.69) is 28.3 Å². The van der Waals surface area contributed by atoms with Gasteiger partial charge in [0, 0.05) is 37.0 Å². The van der Waals surface area contributed by atoms with Crippen molar-refractivity contribution in [3.8, 4) is 0 Å². The fourth-order valence-corrected chi connectivity index (χ4v) is 3.71. The molecule has 1 saturated heterocycles. The summed E-state index contributed by atoms with van der Waals surface area (Å²) >= 11 is 0. The van der Waals surface area contributed by atoms with Crippen molar-refractivity contribution < 1.29 is 4.74 Å². The van der Waals surface area contributed by atoms with Crippen LogP contribution in [0.4, 0.5) is 11.6 Å². The fraction of sp³-hybridized carbons (Fsp3) is 0.524. The third-order valence-electron chi connectivity index (χ3n) is 5.03. The van der Waals surface area contributed by atoms with Crippen molar-refractivity contribution in [1.29, 1.82) is 0 Å². The molecule has 2 atom stereocenters. The van der Waals surface area contributed by atoms with Gasteiger partial charge in [0.25, 0.3) is 0 Å². The zero-order valence-corrected chi connectivity index (χ0v) is 19.8. The molecule has 0 unspecified atom stereocenters. The van der Waals surface area contributed by atoms with Crippen molar-refractivity contribution in [2.75, 3.05) is 31.2 Å². The van der Waals surface area contributed by atoms with Crippen LogP contribution in [-0.4, -0.2) is 35.8 Å². The van der Waals surface area contributed by atoms with Gasteiger partial charge < -0.3 is 21.5 Å². The van der Waals surface area contributed by atoms with E-state index in [1.807, 2.05) is 24.3 Å². The van der Waals surface area contributed by atoms with Crippen molar-refractivity contribution >= 4 is 48.9 Å². The highest BCUT2D eigenvalue weighted by Gasteiger charge is 2.28. The second kappa shape index (κ2) is 14.7. The summed E-state index contributed by atoms with van der Waals surface area (Å²) in [5.41, 5.74) is 14.9. The quantitative estimate of drug-likeness (QED) is 0.474. The Labute approximate surface area is 198 Å². The molecule has 0 radical (unpaired) electrons. The van der Waals surface area contributed by atoms with E-state index in [9.17, 15) is 0 Å². The number of nitrogens with one attached hydrogen (secondary N) is 1. The molecule has 6 nitrogen and oxygen atoms in total. The number of halogens is 3. The van der Waals surface area contributed by atoms with Crippen LogP contribution in [-0.2, 0) is 17.6 Å². The highest BCUT2D eigenvalue weighted by molar-refractivity contribution is 5.86. The van der Waals surface area contributed by atoms with E-state index < -0.39 is 0 Å². The minimum Gasteiger partial charge on any atom is -0.384 e. The third kappa shape index (κ3) is 9.23. The van der Waals surface area contributed by atoms with E-state index in [1.165, 1.54) is 0 Å². The van der Waals surface area contributed by atoms with E-state index in [0.717, 1.165) is 68.8 Å². The molecule has 1 aliphatic heterocycles. The molecular formula is C21H34Cl3N5O. The van der Waals surface area contributed by atoms with Crippen LogP contribution >= 0.6 is 37.2 Å². The number of ether oxygens (including phenoxy) is 1. The number of nitrogen functional groups attached to an aromatic ring is 2. The molecule has 5 N–H and O–H groups in total. The van der Waals surface area contributed by atoms with Crippen LogP contribution in [0.15, 0.2) is 30.3 Å². The molecule has 0 saturated carbocycles. The van der Waals surface area contributed by atoms with Gasteiger partial charge in [-0.2, -0.15) is 0 Å². The number of nitrogens with zero attached hydrogens (tertiary/aromatic N) is 2. The van der Waals surface area contributed by atoms with Gasteiger partial charge >= 0.3 is 0 Å². The Morgan fingerprint density at radius 3 is 2.47 bits per heavy atom. The van der Waals surface area contributed by atoms with Crippen molar-refractivity contribution in [3.63, 3.8) is 0 Å². The molecular weight excluding hydrogens is 445 g/mol. The molecule has 1 fully saturated rings. The number of hydrogen-bond acceptors (Lipinski definition) is 6. The van der Waals surface area contributed by atoms with Gasteiger partial charge in [0.15, 0.2) is 0 Å². The molecule has 30 heavy (non-hydrogen) atoms. The van der Waals surface area contributed by atoms with Crippen molar-refractivity contribution in [2.45, 2.75) is 45.1 Å². The molecule has 170 valence electrons. The summed E-state index contributed by atoms with van der Waals surface area (Å²) in [5.74, 6) is 1.65. The Bertz CT molecular complexity index is 730. The molecule has 2 aromatic rings. The van der Waals surface area contributed by atoms with Gasteiger partial charge in [-0.05, 0) is 62.4 Å². The summed E-state index contributed by atoms with van der Waals surface area (Å²) < 4.78 is 6.16. The number of rotatable bonds is 9. The van der Waals surface area contributed by atoms with E-state index in [4.69, 9.17) is 16.2 Å². The fourth-order valence-electron chi connectivity index (χ4n) is 3.71. The second-order valence-corrected chi connectivity index (χ2v) is 7.46. The average molecular weight is 479 g/mol. The summed E-state index contributed by atoms with van der Waals surface area (Å²) in [6, 6.07) is 9.85. The largest absolute Gasteiger partial charge is 0.384 e. The number of aryl methyl sites for hydroxylation is 2. The average Bonchev–Trinajstić information content (AvgIpc) is 3.04. The lowest BCUT2D eigenvalue weighted by Gasteiger charge is -2.19. The first-order valence-electron chi connectivity index (χ1n) is 9.87. The molecule has 2 aromatic heterocycles. The van der Waals surface area contributed by atoms with Gasteiger partial charge in [0.1, 0.15) is 11.6 Å². The van der Waals surface area contributed by atoms with Crippen LogP contribution in [0.1, 0.15) is 36.2 Å².